The van der Waals surface area contributed by atoms with Crippen LogP contribution >= 0.6 is 11.6 Å². The largest absolute Gasteiger partial charge is 0.324 e. The first-order valence-electron chi connectivity index (χ1n) is 5.77. The van der Waals surface area contributed by atoms with Crippen LogP contribution in [-0.2, 0) is 4.79 Å². The molecule has 1 atom stereocenters. The lowest BCUT2D eigenvalue weighted by Crippen LogP contribution is -2.25. The molecule has 0 aliphatic carbocycles. The van der Waals surface area contributed by atoms with E-state index in [1.54, 1.807) is 0 Å². The fourth-order valence-electron chi connectivity index (χ4n) is 1.89. The molecule has 0 bridgehead atoms. The second kappa shape index (κ2) is 4.88. The maximum absolute atomic E-state index is 11.9. The highest BCUT2D eigenvalue weighted by atomic mass is 35.5. The number of hydrogen-bond donors (Lipinski definition) is 1. The van der Waals surface area contributed by atoms with E-state index in [4.69, 9.17) is 11.6 Å². The number of amides is 1. The van der Waals surface area contributed by atoms with Crippen molar-refractivity contribution < 1.29 is 4.79 Å². The van der Waals surface area contributed by atoms with Crippen LogP contribution in [0.25, 0.3) is 0 Å². The standard InChI is InChI=1S/C13H15ClN2O/c1-3-4-11-13(17)16-10-6-5-8(2)7-9(10)12(14)15-11/h5-7,11H,3-4H2,1-2H3,(H,16,17). The summed E-state index contributed by atoms with van der Waals surface area (Å²) in [6.45, 7) is 4.01. The monoisotopic (exact) mass is 250 g/mol. The van der Waals surface area contributed by atoms with Crippen LogP contribution in [0.5, 0.6) is 0 Å². The summed E-state index contributed by atoms with van der Waals surface area (Å²) >= 11 is 6.18. The van der Waals surface area contributed by atoms with Crippen LogP contribution in [0.2, 0.25) is 0 Å². The van der Waals surface area contributed by atoms with Gasteiger partial charge in [-0.2, -0.15) is 0 Å². The summed E-state index contributed by atoms with van der Waals surface area (Å²) in [7, 11) is 0. The first kappa shape index (κ1) is 12.1. The number of benzodiazepines with no additional fused rings is 1. The van der Waals surface area contributed by atoms with Gasteiger partial charge in [0.2, 0.25) is 5.91 Å². The Labute approximate surface area is 106 Å². The first-order valence-corrected chi connectivity index (χ1v) is 6.14. The van der Waals surface area contributed by atoms with Crippen LogP contribution in [-0.4, -0.2) is 17.1 Å². The number of anilines is 1. The van der Waals surface area contributed by atoms with Crippen LogP contribution in [0.4, 0.5) is 5.69 Å². The number of halogens is 1. The number of carbonyl (C=O) groups is 1. The minimum atomic E-state index is -0.375. The Bertz CT molecular complexity index is 482. The predicted octanol–water partition coefficient (Wildman–Crippen LogP) is 3.10. The minimum absolute atomic E-state index is 0.0763. The van der Waals surface area contributed by atoms with Gasteiger partial charge >= 0.3 is 0 Å². The number of aryl methyl sites for hydroxylation is 1. The Morgan fingerprint density at radius 1 is 1.47 bits per heavy atom. The highest BCUT2D eigenvalue weighted by Crippen LogP contribution is 2.24. The molecule has 1 unspecified atom stereocenters. The fourth-order valence-corrected chi connectivity index (χ4v) is 2.16. The highest BCUT2D eigenvalue weighted by molar-refractivity contribution is 6.70. The molecule has 17 heavy (non-hydrogen) atoms. The molecular weight excluding hydrogens is 236 g/mol. The third-order valence-corrected chi connectivity index (χ3v) is 3.09. The van der Waals surface area contributed by atoms with Gasteiger partial charge in [-0.1, -0.05) is 36.6 Å². The molecule has 0 fully saturated rings. The molecule has 90 valence electrons. The second-order valence-electron chi connectivity index (χ2n) is 4.26. The van der Waals surface area contributed by atoms with Gasteiger partial charge in [-0.25, -0.2) is 0 Å². The Balaban J connectivity index is 2.44. The van der Waals surface area contributed by atoms with Crippen molar-refractivity contribution in [1.29, 1.82) is 0 Å². The molecule has 1 aliphatic rings. The minimum Gasteiger partial charge on any atom is -0.324 e. The first-order chi connectivity index (χ1) is 8.11. The van der Waals surface area contributed by atoms with Gasteiger partial charge in [-0.15, -0.1) is 0 Å². The molecule has 4 heteroatoms. The maximum Gasteiger partial charge on any atom is 0.249 e. The number of hydrogen-bond acceptors (Lipinski definition) is 2. The molecule has 1 aromatic carbocycles. The molecule has 1 aliphatic heterocycles. The molecule has 1 amide bonds. The Kier molecular flexibility index (Phi) is 3.48. The fraction of sp³-hybridized carbons (Fsp3) is 0.385. The quantitative estimate of drug-likeness (QED) is 0.861. The molecule has 1 heterocycles. The van der Waals surface area contributed by atoms with E-state index >= 15 is 0 Å². The summed E-state index contributed by atoms with van der Waals surface area (Å²) in [5.41, 5.74) is 2.65. The third kappa shape index (κ3) is 2.50. The van der Waals surface area contributed by atoms with Crippen LogP contribution in [0, 0.1) is 6.92 Å². The normalized spacial score (nSPS) is 19.1. The van der Waals surface area contributed by atoms with Crippen molar-refractivity contribution in [2.45, 2.75) is 32.7 Å². The summed E-state index contributed by atoms with van der Waals surface area (Å²) < 4.78 is 0. The van der Waals surface area contributed by atoms with Gasteiger partial charge in [0, 0.05) is 5.56 Å². The number of benzene rings is 1. The van der Waals surface area contributed by atoms with Crippen LogP contribution in [0.1, 0.15) is 30.9 Å². The molecule has 0 saturated heterocycles. The summed E-state index contributed by atoms with van der Waals surface area (Å²) in [5, 5.41) is 3.29. The summed E-state index contributed by atoms with van der Waals surface area (Å²) in [5.74, 6) is -0.0763. The van der Waals surface area contributed by atoms with Gasteiger partial charge in [-0.3, -0.25) is 9.79 Å². The number of carbonyl (C=O) groups excluding carboxylic acids is 1. The van der Waals surface area contributed by atoms with E-state index in [2.05, 4.69) is 10.3 Å². The molecule has 0 spiro atoms. The molecular formula is C13H15ClN2O. The zero-order chi connectivity index (χ0) is 12.4. The molecule has 1 N–H and O–H groups in total. The van der Waals surface area contributed by atoms with Gasteiger partial charge in [0.25, 0.3) is 0 Å². The van der Waals surface area contributed by atoms with E-state index in [-0.39, 0.29) is 11.9 Å². The highest BCUT2D eigenvalue weighted by Gasteiger charge is 2.23. The molecule has 0 radical (unpaired) electrons. The van der Waals surface area contributed by atoms with Crippen molar-refractivity contribution in [3.63, 3.8) is 0 Å². The van der Waals surface area contributed by atoms with E-state index in [0.717, 1.165) is 29.7 Å². The van der Waals surface area contributed by atoms with E-state index in [1.807, 2.05) is 32.0 Å². The van der Waals surface area contributed by atoms with Gasteiger partial charge in [0.15, 0.2) is 0 Å². The van der Waals surface area contributed by atoms with Gasteiger partial charge < -0.3 is 5.32 Å². The number of rotatable bonds is 2. The average Bonchev–Trinajstić information content (AvgIpc) is 2.40. The third-order valence-electron chi connectivity index (χ3n) is 2.79. The lowest BCUT2D eigenvalue weighted by atomic mass is 10.1. The number of aliphatic imine (C=N–C) groups is 1. The number of fused-ring (bicyclic) bond motifs is 1. The summed E-state index contributed by atoms with van der Waals surface area (Å²) in [4.78, 5) is 16.2. The summed E-state index contributed by atoms with van der Waals surface area (Å²) in [6.07, 6.45) is 1.62. The topological polar surface area (TPSA) is 41.5 Å². The van der Waals surface area contributed by atoms with Crippen LogP contribution < -0.4 is 5.32 Å². The molecule has 0 aromatic heterocycles. The number of nitrogens with zero attached hydrogens (tertiary/aromatic N) is 1. The lowest BCUT2D eigenvalue weighted by Gasteiger charge is -2.09. The van der Waals surface area contributed by atoms with Crippen molar-refractivity contribution in [1.82, 2.24) is 0 Å². The van der Waals surface area contributed by atoms with E-state index in [9.17, 15) is 4.79 Å². The zero-order valence-electron chi connectivity index (χ0n) is 9.96. The van der Waals surface area contributed by atoms with Crippen molar-refractivity contribution in [2.75, 3.05) is 5.32 Å². The molecule has 3 nitrogen and oxygen atoms in total. The van der Waals surface area contributed by atoms with E-state index in [0.29, 0.717) is 5.17 Å². The maximum atomic E-state index is 11.9. The van der Waals surface area contributed by atoms with Crippen molar-refractivity contribution in [2.24, 2.45) is 4.99 Å². The molecule has 2 rings (SSSR count). The SMILES string of the molecule is CCCC1N=C(Cl)c2cc(C)ccc2NC1=O. The van der Waals surface area contributed by atoms with Crippen molar-refractivity contribution in [3.05, 3.63) is 29.3 Å². The summed E-state index contributed by atoms with van der Waals surface area (Å²) in [6, 6.07) is 5.38. The molecule has 1 aromatic rings. The Morgan fingerprint density at radius 2 is 2.24 bits per heavy atom. The van der Waals surface area contributed by atoms with Gasteiger partial charge in [-0.05, 0) is 25.5 Å². The van der Waals surface area contributed by atoms with Gasteiger partial charge in [0.05, 0.1) is 5.69 Å². The van der Waals surface area contributed by atoms with Crippen molar-refractivity contribution >= 4 is 28.4 Å². The number of nitrogens with one attached hydrogen (secondary N) is 1. The molecule has 0 saturated carbocycles. The van der Waals surface area contributed by atoms with Gasteiger partial charge in [0.1, 0.15) is 11.2 Å². The predicted molar refractivity (Wildman–Crippen MR) is 70.9 cm³/mol. The Hall–Kier alpha value is -1.35. The van der Waals surface area contributed by atoms with E-state index in [1.165, 1.54) is 0 Å². The van der Waals surface area contributed by atoms with Crippen molar-refractivity contribution in [3.8, 4) is 0 Å². The average molecular weight is 251 g/mol. The van der Waals surface area contributed by atoms with E-state index < -0.39 is 0 Å². The Morgan fingerprint density at radius 3 is 2.94 bits per heavy atom. The smallest absolute Gasteiger partial charge is 0.249 e. The van der Waals surface area contributed by atoms with Crippen LogP contribution in [0.3, 0.4) is 0 Å². The zero-order valence-corrected chi connectivity index (χ0v) is 10.7. The second-order valence-corrected chi connectivity index (χ2v) is 4.62. The lowest BCUT2D eigenvalue weighted by molar-refractivity contribution is -0.117. The van der Waals surface area contributed by atoms with Crippen LogP contribution in [0.15, 0.2) is 23.2 Å².